The van der Waals surface area contributed by atoms with Crippen molar-refractivity contribution in [3.05, 3.63) is 41.0 Å². The number of hydrogen-bond acceptors (Lipinski definition) is 3. The third-order valence-corrected chi connectivity index (χ3v) is 3.92. The van der Waals surface area contributed by atoms with E-state index in [2.05, 4.69) is 37.7 Å². The molecule has 1 heterocycles. The van der Waals surface area contributed by atoms with E-state index in [9.17, 15) is 0 Å². The number of fused-ring (bicyclic) bond motifs is 1. The third-order valence-electron chi connectivity index (χ3n) is 3.59. The van der Waals surface area contributed by atoms with Gasteiger partial charge < -0.3 is 5.73 Å². The van der Waals surface area contributed by atoms with Crippen LogP contribution in [-0.4, -0.2) is 30.0 Å². The molecule has 0 spiro atoms. The monoisotopic (exact) mass is 305 g/mol. The molecule has 1 unspecified atom stereocenters. The molecule has 2 aromatic rings. The van der Waals surface area contributed by atoms with Crippen molar-refractivity contribution in [3.63, 3.8) is 0 Å². The molecule has 0 amide bonds. The molecule has 0 aliphatic rings. The Balaban J connectivity index is 2.46. The van der Waals surface area contributed by atoms with Crippen molar-refractivity contribution >= 4 is 22.5 Å². The Hall–Kier alpha value is -1.16. The Morgan fingerprint density at radius 3 is 2.62 bits per heavy atom. The van der Waals surface area contributed by atoms with Crippen LogP contribution in [-0.2, 0) is 0 Å². The molecular weight excluding hydrogens is 282 g/mol. The fourth-order valence-corrected chi connectivity index (χ4v) is 3.05. The van der Waals surface area contributed by atoms with Crippen molar-refractivity contribution in [1.29, 1.82) is 0 Å². The standard InChI is InChI=1S/C17H24ClN3/c1-17(2,3)11-21(4)15(10-19)13-7-8-14(18)12-6-5-9-20-16(12)13/h5-9,15H,10-11,19H2,1-4H3. The van der Waals surface area contributed by atoms with Crippen molar-refractivity contribution in [2.45, 2.75) is 26.8 Å². The van der Waals surface area contributed by atoms with E-state index in [-0.39, 0.29) is 11.5 Å². The molecule has 0 bridgehead atoms. The summed E-state index contributed by atoms with van der Waals surface area (Å²) in [4.78, 5) is 6.83. The molecule has 1 aromatic heterocycles. The highest BCUT2D eigenvalue weighted by molar-refractivity contribution is 6.35. The molecule has 1 atom stereocenters. The van der Waals surface area contributed by atoms with Gasteiger partial charge in [0.15, 0.2) is 0 Å². The number of nitrogens with zero attached hydrogens (tertiary/aromatic N) is 2. The van der Waals surface area contributed by atoms with Gasteiger partial charge in [-0.05, 0) is 36.2 Å². The fraction of sp³-hybridized carbons (Fsp3) is 0.471. The molecule has 1 aromatic carbocycles. The van der Waals surface area contributed by atoms with Crippen LogP contribution in [0, 0.1) is 5.41 Å². The number of pyridine rings is 1. The first-order chi connectivity index (χ1) is 9.83. The second kappa shape index (κ2) is 6.30. The van der Waals surface area contributed by atoms with E-state index < -0.39 is 0 Å². The highest BCUT2D eigenvalue weighted by Gasteiger charge is 2.23. The average molecular weight is 306 g/mol. The SMILES string of the molecule is CN(CC(C)(C)C)C(CN)c1ccc(Cl)c2cccnc12. The molecule has 21 heavy (non-hydrogen) atoms. The summed E-state index contributed by atoms with van der Waals surface area (Å²) in [5.74, 6) is 0. The first-order valence-corrected chi connectivity index (χ1v) is 7.65. The smallest absolute Gasteiger partial charge is 0.0765 e. The lowest BCUT2D eigenvalue weighted by Gasteiger charge is -2.33. The maximum atomic E-state index is 6.28. The van der Waals surface area contributed by atoms with Gasteiger partial charge in [0, 0.05) is 35.7 Å². The molecule has 2 rings (SSSR count). The molecular formula is C17H24ClN3. The Kier molecular flexibility index (Phi) is 4.87. The number of likely N-dealkylation sites (N-methyl/N-ethyl adjacent to an activating group) is 1. The average Bonchev–Trinajstić information content (AvgIpc) is 2.40. The van der Waals surface area contributed by atoms with Crippen molar-refractivity contribution in [3.8, 4) is 0 Å². The number of halogens is 1. The fourth-order valence-electron chi connectivity index (χ4n) is 2.83. The molecule has 4 heteroatoms. The van der Waals surface area contributed by atoms with Gasteiger partial charge >= 0.3 is 0 Å². The molecule has 0 saturated heterocycles. The number of rotatable bonds is 4. The van der Waals surface area contributed by atoms with Gasteiger partial charge in [0.1, 0.15) is 0 Å². The Morgan fingerprint density at radius 2 is 2.00 bits per heavy atom. The number of aromatic nitrogens is 1. The van der Waals surface area contributed by atoms with E-state index in [1.54, 1.807) is 6.20 Å². The van der Waals surface area contributed by atoms with Gasteiger partial charge in [0.2, 0.25) is 0 Å². The lowest BCUT2D eigenvalue weighted by molar-refractivity contribution is 0.176. The number of hydrogen-bond donors (Lipinski definition) is 1. The molecule has 0 saturated carbocycles. The largest absolute Gasteiger partial charge is 0.329 e. The van der Waals surface area contributed by atoms with Crippen LogP contribution in [0.4, 0.5) is 0 Å². The maximum Gasteiger partial charge on any atom is 0.0765 e. The van der Waals surface area contributed by atoms with Gasteiger partial charge in [0.25, 0.3) is 0 Å². The normalized spacial score (nSPS) is 13.9. The van der Waals surface area contributed by atoms with Gasteiger partial charge in [-0.3, -0.25) is 9.88 Å². The topological polar surface area (TPSA) is 42.1 Å². The number of benzene rings is 1. The van der Waals surface area contributed by atoms with Crippen LogP contribution in [0.2, 0.25) is 5.02 Å². The molecule has 0 aliphatic heterocycles. The van der Waals surface area contributed by atoms with Crippen LogP contribution >= 0.6 is 11.6 Å². The van der Waals surface area contributed by atoms with E-state index in [0.29, 0.717) is 6.54 Å². The quantitative estimate of drug-likeness (QED) is 0.932. The van der Waals surface area contributed by atoms with Crippen molar-refractivity contribution < 1.29 is 0 Å². The van der Waals surface area contributed by atoms with Crippen LogP contribution in [0.1, 0.15) is 32.4 Å². The maximum absolute atomic E-state index is 6.28. The minimum Gasteiger partial charge on any atom is -0.329 e. The molecule has 3 nitrogen and oxygen atoms in total. The van der Waals surface area contributed by atoms with E-state index in [1.165, 1.54) is 0 Å². The van der Waals surface area contributed by atoms with Crippen molar-refractivity contribution in [2.75, 3.05) is 20.1 Å². The lowest BCUT2D eigenvalue weighted by atomic mass is 9.94. The van der Waals surface area contributed by atoms with Crippen LogP contribution in [0.5, 0.6) is 0 Å². The molecule has 0 radical (unpaired) electrons. The minimum absolute atomic E-state index is 0.138. The van der Waals surface area contributed by atoms with Gasteiger partial charge in [-0.1, -0.05) is 38.4 Å². The first kappa shape index (κ1) is 16.2. The Morgan fingerprint density at radius 1 is 1.29 bits per heavy atom. The summed E-state index contributed by atoms with van der Waals surface area (Å²) in [6.07, 6.45) is 1.81. The summed E-state index contributed by atoms with van der Waals surface area (Å²) in [6, 6.07) is 8.04. The summed E-state index contributed by atoms with van der Waals surface area (Å²) in [7, 11) is 2.12. The van der Waals surface area contributed by atoms with Crippen LogP contribution in [0.25, 0.3) is 10.9 Å². The zero-order chi connectivity index (χ0) is 15.6. The second-order valence-electron chi connectivity index (χ2n) is 6.76. The third kappa shape index (κ3) is 3.73. The predicted octanol–water partition coefficient (Wildman–Crippen LogP) is 3.87. The highest BCUT2D eigenvalue weighted by Crippen LogP contribution is 2.31. The minimum atomic E-state index is 0.138. The first-order valence-electron chi connectivity index (χ1n) is 7.27. The van der Waals surface area contributed by atoms with E-state index in [0.717, 1.165) is 28.0 Å². The number of nitrogens with two attached hydrogens (primary N) is 1. The van der Waals surface area contributed by atoms with Gasteiger partial charge in [-0.2, -0.15) is 0 Å². The Bertz CT molecular complexity index is 619. The van der Waals surface area contributed by atoms with E-state index in [1.807, 2.05) is 24.3 Å². The summed E-state index contributed by atoms with van der Waals surface area (Å²) in [5, 5.41) is 1.72. The van der Waals surface area contributed by atoms with Crippen LogP contribution in [0.15, 0.2) is 30.5 Å². The summed E-state index contributed by atoms with van der Waals surface area (Å²) < 4.78 is 0. The summed E-state index contributed by atoms with van der Waals surface area (Å²) >= 11 is 6.28. The van der Waals surface area contributed by atoms with Gasteiger partial charge in [0.05, 0.1) is 5.52 Å². The van der Waals surface area contributed by atoms with Crippen molar-refractivity contribution in [2.24, 2.45) is 11.1 Å². The molecule has 2 N–H and O–H groups in total. The predicted molar refractivity (Wildman–Crippen MR) is 90.6 cm³/mol. The molecule has 114 valence electrons. The second-order valence-corrected chi connectivity index (χ2v) is 7.17. The van der Waals surface area contributed by atoms with Crippen molar-refractivity contribution in [1.82, 2.24) is 9.88 Å². The summed E-state index contributed by atoms with van der Waals surface area (Å²) in [6.45, 7) is 8.21. The van der Waals surface area contributed by atoms with Crippen LogP contribution < -0.4 is 5.73 Å². The molecule has 0 fully saturated rings. The zero-order valence-corrected chi connectivity index (χ0v) is 14.0. The van der Waals surface area contributed by atoms with Gasteiger partial charge in [-0.15, -0.1) is 0 Å². The van der Waals surface area contributed by atoms with Crippen LogP contribution in [0.3, 0.4) is 0 Å². The van der Waals surface area contributed by atoms with E-state index >= 15 is 0 Å². The van der Waals surface area contributed by atoms with E-state index in [4.69, 9.17) is 17.3 Å². The lowest BCUT2D eigenvalue weighted by Crippen LogP contribution is -2.36. The van der Waals surface area contributed by atoms with Gasteiger partial charge in [-0.25, -0.2) is 0 Å². The Labute approximate surface area is 132 Å². The highest BCUT2D eigenvalue weighted by atomic mass is 35.5. The summed E-state index contributed by atoms with van der Waals surface area (Å²) in [5.41, 5.74) is 8.36. The molecule has 0 aliphatic carbocycles. The zero-order valence-electron chi connectivity index (χ0n) is 13.2.